The van der Waals surface area contributed by atoms with E-state index in [-0.39, 0.29) is 6.61 Å². The Morgan fingerprint density at radius 2 is 2.04 bits per heavy atom. The molecular formula is C18H19ClN2O4. The summed E-state index contributed by atoms with van der Waals surface area (Å²) in [6.07, 6.45) is 1.49. The molecule has 0 bridgehead atoms. The first kappa shape index (κ1) is 18.6. The molecule has 7 heteroatoms. The van der Waals surface area contributed by atoms with Crippen molar-refractivity contribution in [3.05, 3.63) is 53.1 Å². The number of carbonyl (C=O) groups excluding carboxylic acids is 1. The van der Waals surface area contributed by atoms with Crippen molar-refractivity contribution in [2.45, 2.75) is 6.92 Å². The van der Waals surface area contributed by atoms with Gasteiger partial charge in [0.1, 0.15) is 17.2 Å². The van der Waals surface area contributed by atoms with Crippen LogP contribution in [0.25, 0.3) is 0 Å². The minimum atomic E-state index is -0.392. The van der Waals surface area contributed by atoms with Crippen molar-refractivity contribution in [3.8, 4) is 17.2 Å². The predicted molar refractivity (Wildman–Crippen MR) is 96.8 cm³/mol. The Morgan fingerprint density at radius 3 is 2.76 bits per heavy atom. The molecule has 0 aromatic heterocycles. The maximum absolute atomic E-state index is 11.8. The van der Waals surface area contributed by atoms with Crippen molar-refractivity contribution in [2.24, 2.45) is 5.10 Å². The first-order valence-corrected chi connectivity index (χ1v) is 8.01. The first-order chi connectivity index (χ1) is 12.1. The van der Waals surface area contributed by atoms with Gasteiger partial charge in [0.05, 0.1) is 19.9 Å². The van der Waals surface area contributed by atoms with Gasteiger partial charge in [-0.15, -0.1) is 0 Å². The third-order valence-corrected chi connectivity index (χ3v) is 3.31. The summed E-state index contributed by atoms with van der Waals surface area (Å²) in [7, 11) is 1.57. The number of benzene rings is 2. The number of nitrogens with zero attached hydrogens (tertiary/aromatic N) is 1. The molecule has 1 N–H and O–H groups in total. The zero-order valence-electron chi connectivity index (χ0n) is 14.0. The average molecular weight is 363 g/mol. The number of hydrazone groups is 1. The highest BCUT2D eigenvalue weighted by Gasteiger charge is 2.05. The Morgan fingerprint density at radius 1 is 1.20 bits per heavy atom. The van der Waals surface area contributed by atoms with Gasteiger partial charge in [-0.1, -0.05) is 17.7 Å². The summed E-state index contributed by atoms with van der Waals surface area (Å²) in [4.78, 5) is 11.8. The van der Waals surface area contributed by atoms with Crippen molar-refractivity contribution < 1.29 is 19.0 Å². The summed E-state index contributed by atoms with van der Waals surface area (Å²) in [5.74, 6) is 1.44. The molecule has 1 amide bonds. The van der Waals surface area contributed by atoms with Crippen molar-refractivity contribution in [2.75, 3.05) is 20.3 Å². The summed E-state index contributed by atoms with van der Waals surface area (Å²) < 4.78 is 16.0. The molecule has 0 aliphatic rings. The lowest BCUT2D eigenvalue weighted by Crippen LogP contribution is -2.24. The topological polar surface area (TPSA) is 69.2 Å². The maximum atomic E-state index is 11.8. The number of rotatable bonds is 8. The molecule has 0 fully saturated rings. The number of halogens is 1. The summed E-state index contributed by atoms with van der Waals surface area (Å²) in [6.45, 7) is 2.24. The zero-order valence-corrected chi connectivity index (χ0v) is 14.7. The second kappa shape index (κ2) is 9.54. The van der Waals surface area contributed by atoms with Gasteiger partial charge in [-0.25, -0.2) is 5.43 Å². The number of ether oxygens (including phenoxy) is 3. The number of nitrogens with one attached hydrogen (secondary N) is 1. The van der Waals surface area contributed by atoms with Gasteiger partial charge in [0.15, 0.2) is 6.61 Å². The van der Waals surface area contributed by atoms with Crippen LogP contribution in [-0.4, -0.2) is 32.4 Å². The molecule has 0 atom stereocenters. The number of hydrogen-bond acceptors (Lipinski definition) is 5. The number of carbonyl (C=O) groups is 1. The normalized spacial score (nSPS) is 10.5. The van der Waals surface area contributed by atoms with Gasteiger partial charge in [-0.05, 0) is 43.3 Å². The third-order valence-electron chi connectivity index (χ3n) is 3.08. The van der Waals surface area contributed by atoms with Crippen LogP contribution in [0.3, 0.4) is 0 Å². The molecule has 2 aromatic rings. The molecule has 0 unspecified atom stereocenters. The maximum Gasteiger partial charge on any atom is 0.277 e. The molecular weight excluding hydrogens is 344 g/mol. The highest BCUT2D eigenvalue weighted by atomic mass is 35.5. The van der Waals surface area contributed by atoms with Crippen LogP contribution in [0.2, 0.25) is 5.02 Å². The summed E-state index contributed by atoms with van der Waals surface area (Å²) in [5, 5.41) is 4.46. The molecule has 2 rings (SSSR count). The Bertz CT molecular complexity index is 750. The SMILES string of the molecule is CCOc1ccc(OC)cc1C=NNC(=O)COc1cccc(Cl)c1. The van der Waals surface area contributed by atoms with Crippen LogP contribution in [0.15, 0.2) is 47.6 Å². The fraction of sp³-hybridized carbons (Fsp3) is 0.222. The van der Waals surface area contributed by atoms with Crippen LogP contribution in [0, 0.1) is 0 Å². The minimum Gasteiger partial charge on any atom is -0.497 e. The quantitative estimate of drug-likeness (QED) is 0.578. The lowest BCUT2D eigenvalue weighted by molar-refractivity contribution is -0.123. The Kier molecular flexibility index (Phi) is 7.10. The molecule has 2 aromatic carbocycles. The van der Waals surface area contributed by atoms with Gasteiger partial charge in [0.25, 0.3) is 5.91 Å². The summed E-state index contributed by atoms with van der Waals surface area (Å²) in [6, 6.07) is 12.2. The molecule has 0 aliphatic carbocycles. The van der Waals surface area contributed by atoms with Gasteiger partial charge in [-0.3, -0.25) is 4.79 Å². The van der Waals surface area contributed by atoms with E-state index >= 15 is 0 Å². The fourth-order valence-electron chi connectivity index (χ4n) is 1.95. The molecule has 0 aliphatic heterocycles. The second-order valence-electron chi connectivity index (χ2n) is 4.88. The van der Waals surface area contributed by atoms with E-state index in [4.69, 9.17) is 25.8 Å². The second-order valence-corrected chi connectivity index (χ2v) is 5.31. The molecule has 0 heterocycles. The van der Waals surface area contributed by atoms with E-state index in [9.17, 15) is 4.79 Å². The smallest absolute Gasteiger partial charge is 0.277 e. The van der Waals surface area contributed by atoms with Gasteiger partial charge in [0.2, 0.25) is 0 Å². The molecule has 0 saturated carbocycles. The predicted octanol–water partition coefficient (Wildman–Crippen LogP) is 3.28. The molecule has 25 heavy (non-hydrogen) atoms. The third kappa shape index (κ3) is 6.00. The van der Waals surface area contributed by atoms with Crippen LogP contribution in [0.5, 0.6) is 17.2 Å². The first-order valence-electron chi connectivity index (χ1n) is 7.63. The Balaban J connectivity index is 1.92. The van der Waals surface area contributed by atoms with Crippen LogP contribution in [-0.2, 0) is 4.79 Å². The van der Waals surface area contributed by atoms with Gasteiger partial charge < -0.3 is 14.2 Å². The van der Waals surface area contributed by atoms with Crippen LogP contribution in [0.1, 0.15) is 12.5 Å². The number of hydrogen-bond donors (Lipinski definition) is 1. The minimum absolute atomic E-state index is 0.173. The fourth-order valence-corrected chi connectivity index (χ4v) is 2.13. The highest BCUT2D eigenvalue weighted by molar-refractivity contribution is 6.30. The van der Waals surface area contributed by atoms with Crippen molar-refractivity contribution in [1.29, 1.82) is 0 Å². The van der Waals surface area contributed by atoms with Crippen molar-refractivity contribution in [3.63, 3.8) is 0 Å². The Hall–Kier alpha value is -2.73. The van der Waals surface area contributed by atoms with E-state index in [0.29, 0.717) is 34.4 Å². The standard InChI is InChI=1S/C18H19ClN2O4/c1-3-24-17-8-7-15(23-2)9-13(17)11-20-21-18(22)12-25-16-6-4-5-14(19)10-16/h4-11H,3,12H2,1-2H3,(H,21,22). The van der Waals surface area contributed by atoms with E-state index in [1.54, 1.807) is 49.6 Å². The van der Waals surface area contributed by atoms with E-state index in [0.717, 1.165) is 0 Å². The van der Waals surface area contributed by atoms with Crippen LogP contribution < -0.4 is 19.6 Å². The lowest BCUT2D eigenvalue weighted by Gasteiger charge is -2.09. The molecule has 0 saturated heterocycles. The van der Waals surface area contributed by atoms with Gasteiger partial charge in [-0.2, -0.15) is 5.10 Å². The monoisotopic (exact) mass is 362 g/mol. The number of methoxy groups -OCH3 is 1. The van der Waals surface area contributed by atoms with Crippen LogP contribution >= 0.6 is 11.6 Å². The largest absolute Gasteiger partial charge is 0.497 e. The van der Waals surface area contributed by atoms with E-state index in [1.807, 2.05) is 6.92 Å². The lowest BCUT2D eigenvalue weighted by atomic mass is 10.2. The molecule has 132 valence electrons. The van der Waals surface area contributed by atoms with Gasteiger partial charge >= 0.3 is 0 Å². The zero-order chi connectivity index (χ0) is 18.1. The van der Waals surface area contributed by atoms with E-state index < -0.39 is 5.91 Å². The molecule has 6 nitrogen and oxygen atoms in total. The summed E-state index contributed by atoms with van der Waals surface area (Å²) in [5.41, 5.74) is 3.09. The van der Waals surface area contributed by atoms with Crippen molar-refractivity contribution >= 4 is 23.7 Å². The van der Waals surface area contributed by atoms with E-state index in [1.165, 1.54) is 6.21 Å². The van der Waals surface area contributed by atoms with Gasteiger partial charge in [0, 0.05) is 10.6 Å². The summed E-state index contributed by atoms with van der Waals surface area (Å²) >= 11 is 5.85. The van der Waals surface area contributed by atoms with Crippen LogP contribution in [0.4, 0.5) is 0 Å². The highest BCUT2D eigenvalue weighted by Crippen LogP contribution is 2.22. The van der Waals surface area contributed by atoms with E-state index in [2.05, 4.69) is 10.5 Å². The molecule has 0 radical (unpaired) electrons. The average Bonchev–Trinajstić information content (AvgIpc) is 2.61. The molecule has 0 spiro atoms. The Labute approximate surface area is 151 Å². The van der Waals surface area contributed by atoms with Crippen molar-refractivity contribution in [1.82, 2.24) is 5.43 Å². The number of amides is 1.